The van der Waals surface area contributed by atoms with Crippen molar-refractivity contribution < 1.29 is 5.11 Å². The Morgan fingerprint density at radius 2 is 2.08 bits per heavy atom. The summed E-state index contributed by atoms with van der Waals surface area (Å²) in [6, 6.07) is 9.95. The number of halogens is 1. The van der Waals surface area contributed by atoms with E-state index < -0.39 is 6.10 Å². The van der Waals surface area contributed by atoms with Crippen molar-refractivity contribution in [1.82, 2.24) is 25.0 Å². The molecule has 0 spiro atoms. The highest BCUT2D eigenvalue weighted by Gasteiger charge is 2.11. The molecule has 0 bridgehead atoms. The average Bonchev–Trinajstić information content (AvgIpc) is 2.97. The van der Waals surface area contributed by atoms with Gasteiger partial charge < -0.3 is 15.3 Å². The zero-order valence-electron chi connectivity index (χ0n) is 15.0. The average molecular weight is 458 g/mol. The van der Waals surface area contributed by atoms with E-state index in [0.29, 0.717) is 19.5 Å². The van der Waals surface area contributed by atoms with Crippen molar-refractivity contribution in [2.75, 3.05) is 20.1 Å². The van der Waals surface area contributed by atoms with Crippen LogP contribution in [0, 0.1) is 0 Å². The molecule has 1 aromatic heterocycles. The van der Waals surface area contributed by atoms with E-state index in [0.717, 1.165) is 23.9 Å². The van der Waals surface area contributed by atoms with Crippen molar-refractivity contribution in [3.63, 3.8) is 0 Å². The lowest BCUT2D eigenvalue weighted by Gasteiger charge is -2.22. The van der Waals surface area contributed by atoms with Crippen LogP contribution in [-0.4, -0.2) is 57.0 Å². The van der Waals surface area contributed by atoms with Crippen LogP contribution < -0.4 is 5.32 Å². The molecule has 0 aliphatic heterocycles. The molecule has 1 aromatic carbocycles. The van der Waals surface area contributed by atoms with Crippen molar-refractivity contribution in [2.45, 2.75) is 26.0 Å². The summed E-state index contributed by atoms with van der Waals surface area (Å²) in [7, 11) is 3.81. The molecule has 1 atom stereocenters. The number of nitrogens with one attached hydrogen (secondary N) is 1. The van der Waals surface area contributed by atoms with Gasteiger partial charge in [0.1, 0.15) is 12.2 Å². The van der Waals surface area contributed by atoms with Gasteiger partial charge in [-0.15, -0.1) is 24.0 Å². The van der Waals surface area contributed by atoms with Crippen LogP contribution >= 0.6 is 24.0 Å². The van der Waals surface area contributed by atoms with Crippen LogP contribution in [0.5, 0.6) is 0 Å². The van der Waals surface area contributed by atoms with Gasteiger partial charge in [-0.2, -0.15) is 5.10 Å². The Balaban J connectivity index is 0.00000312. The van der Waals surface area contributed by atoms with Crippen LogP contribution in [0.15, 0.2) is 41.7 Å². The number of aliphatic imine (C=N–C) groups is 1. The second-order valence-corrected chi connectivity index (χ2v) is 5.69. The highest BCUT2D eigenvalue weighted by molar-refractivity contribution is 14.0. The summed E-state index contributed by atoms with van der Waals surface area (Å²) in [6.45, 7) is 3.72. The van der Waals surface area contributed by atoms with E-state index in [1.165, 1.54) is 6.33 Å². The molecule has 138 valence electrons. The first kappa shape index (κ1) is 21.4. The lowest BCUT2D eigenvalue weighted by Crippen LogP contribution is -2.39. The summed E-state index contributed by atoms with van der Waals surface area (Å²) in [5, 5.41) is 17.5. The van der Waals surface area contributed by atoms with Gasteiger partial charge in [-0.25, -0.2) is 4.98 Å². The Hall–Kier alpha value is -1.68. The Morgan fingerprint density at radius 1 is 1.36 bits per heavy atom. The van der Waals surface area contributed by atoms with Crippen LogP contribution in [-0.2, 0) is 20.0 Å². The van der Waals surface area contributed by atoms with Gasteiger partial charge in [0.25, 0.3) is 0 Å². The van der Waals surface area contributed by atoms with E-state index in [4.69, 9.17) is 0 Å². The van der Waals surface area contributed by atoms with Gasteiger partial charge >= 0.3 is 0 Å². The largest absolute Gasteiger partial charge is 0.391 e. The SMILES string of the molecule is CCNC(=NCC(O)Cc1ccccc1)N(C)Cc1ncnn1C.I. The van der Waals surface area contributed by atoms with Crippen LogP contribution in [0.4, 0.5) is 0 Å². The van der Waals surface area contributed by atoms with E-state index in [9.17, 15) is 5.11 Å². The number of aliphatic hydroxyl groups is 1. The molecular formula is C17H27IN6O. The summed E-state index contributed by atoms with van der Waals surface area (Å²) in [5.41, 5.74) is 1.11. The summed E-state index contributed by atoms with van der Waals surface area (Å²) in [4.78, 5) is 10.7. The number of rotatable bonds is 7. The standard InChI is InChI=1S/C17H26N6O.HI/c1-4-18-17(22(2)12-16-20-13-21-23(16)3)19-11-15(24)10-14-8-6-5-7-9-14;/h5-9,13,15,24H,4,10-12H2,1-3H3,(H,18,19);1H. The maximum Gasteiger partial charge on any atom is 0.194 e. The van der Waals surface area contributed by atoms with Crippen LogP contribution in [0.1, 0.15) is 18.3 Å². The van der Waals surface area contributed by atoms with Crippen LogP contribution in [0.25, 0.3) is 0 Å². The third-order valence-corrected chi connectivity index (χ3v) is 3.65. The Bertz CT molecular complexity index is 646. The van der Waals surface area contributed by atoms with Gasteiger partial charge in [0, 0.05) is 27.1 Å². The minimum atomic E-state index is -0.510. The van der Waals surface area contributed by atoms with E-state index in [2.05, 4.69) is 20.4 Å². The molecule has 2 rings (SSSR count). The fourth-order valence-electron chi connectivity index (χ4n) is 2.36. The lowest BCUT2D eigenvalue weighted by molar-refractivity contribution is 0.183. The van der Waals surface area contributed by atoms with Crippen molar-refractivity contribution in [3.8, 4) is 0 Å². The van der Waals surface area contributed by atoms with Gasteiger partial charge in [-0.05, 0) is 12.5 Å². The van der Waals surface area contributed by atoms with E-state index >= 15 is 0 Å². The number of aromatic nitrogens is 3. The topological polar surface area (TPSA) is 78.6 Å². The Labute approximate surface area is 166 Å². The summed E-state index contributed by atoms with van der Waals surface area (Å²) in [6.07, 6.45) is 1.62. The predicted octanol–water partition coefficient (Wildman–Crippen LogP) is 1.43. The number of benzene rings is 1. The summed E-state index contributed by atoms with van der Waals surface area (Å²) < 4.78 is 1.74. The Kier molecular flexibility index (Phi) is 9.43. The van der Waals surface area contributed by atoms with E-state index in [1.807, 2.05) is 56.3 Å². The van der Waals surface area contributed by atoms with Crippen LogP contribution in [0.3, 0.4) is 0 Å². The van der Waals surface area contributed by atoms with Crippen molar-refractivity contribution in [2.24, 2.45) is 12.0 Å². The van der Waals surface area contributed by atoms with Gasteiger partial charge in [-0.1, -0.05) is 30.3 Å². The quantitative estimate of drug-likeness (QED) is 0.373. The zero-order valence-corrected chi connectivity index (χ0v) is 17.3. The fourth-order valence-corrected chi connectivity index (χ4v) is 2.36. The summed E-state index contributed by atoms with van der Waals surface area (Å²) >= 11 is 0. The third-order valence-electron chi connectivity index (χ3n) is 3.65. The normalized spacial score (nSPS) is 12.4. The first-order chi connectivity index (χ1) is 11.6. The molecule has 1 unspecified atom stereocenters. The summed E-state index contributed by atoms with van der Waals surface area (Å²) in [5.74, 6) is 1.60. The number of aliphatic hydroxyl groups excluding tert-OH is 1. The monoisotopic (exact) mass is 458 g/mol. The molecule has 25 heavy (non-hydrogen) atoms. The maximum atomic E-state index is 10.2. The first-order valence-corrected chi connectivity index (χ1v) is 8.14. The molecule has 8 heteroatoms. The molecule has 0 aliphatic rings. The molecule has 0 saturated carbocycles. The number of guanidine groups is 1. The van der Waals surface area contributed by atoms with Crippen molar-refractivity contribution >= 4 is 29.9 Å². The highest BCUT2D eigenvalue weighted by atomic mass is 127. The second-order valence-electron chi connectivity index (χ2n) is 5.69. The van der Waals surface area contributed by atoms with E-state index in [-0.39, 0.29) is 24.0 Å². The van der Waals surface area contributed by atoms with Gasteiger partial charge in [-0.3, -0.25) is 9.67 Å². The smallest absolute Gasteiger partial charge is 0.194 e. The third kappa shape index (κ3) is 6.99. The predicted molar refractivity (Wildman–Crippen MR) is 110 cm³/mol. The number of aryl methyl sites for hydroxylation is 1. The van der Waals surface area contributed by atoms with Crippen molar-refractivity contribution in [1.29, 1.82) is 0 Å². The minimum Gasteiger partial charge on any atom is -0.391 e. The molecule has 0 radical (unpaired) electrons. The fraction of sp³-hybridized carbons (Fsp3) is 0.471. The van der Waals surface area contributed by atoms with Crippen LogP contribution in [0.2, 0.25) is 0 Å². The van der Waals surface area contributed by atoms with Gasteiger partial charge in [0.2, 0.25) is 0 Å². The molecular weight excluding hydrogens is 431 g/mol. The number of hydrogen-bond acceptors (Lipinski definition) is 4. The van der Waals surface area contributed by atoms with Crippen molar-refractivity contribution in [3.05, 3.63) is 48.0 Å². The molecule has 0 amide bonds. The molecule has 0 aliphatic carbocycles. The molecule has 2 aromatic rings. The lowest BCUT2D eigenvalue weighted by atomic mass is 10.1. The maximum absolute atomic E-state index is 10.2. The molecule has 7 nitrogen and oxygen atoms in total. The number of hydrogen-bond donors (Lipinski definition) is 2. The second kappa shape index (κ2) is 11.0. The van der Waals surface area contributed by atoms with Gasteiger partial charge in [0.05, 0.1) is 19.2 Å². The van der Waals surface area contributed by atoms with E-state index in [1.54, 1.807) is 4.68 Å². The highest BCUT2D eigenvalue weighted by Crippen LogP contribution is 2.04. The molecule has 0 fully saturated rings. The Morgan fingerprint density at radius 3 is 2.68 bits per heavy atom. The first-order valence-electron chi connectivity index (χ1n) is 8.14. The molecule has 1 heterocycles. The van der Waals surface area contributed by atoms with Gasteiger partial charge in [0.15, 0.2) is 5.96 Å². The number of nitrogens with zero attached hydrogens (tertiary/aromatic N) is 5. The zero-order chi connectivity index (χ0) is 17.4. The molecule has 0 saturated heterocycles. The molecule has 2 N–H and O–H groups in total. The minimum absolute atomic E-state index is 0.